The number of ether oxygens (including phenoxy) is 4. The van der Waals surface area contributed by atoms with Gasteiger partial charge < -0.3 is 18.9 Å². The van der Waals surface area contributed by atoms with Crippen LogP contribution in [0, 0.1) is 0 Å². The van der Waals surface area contributed by atoms with Crippen LogP contribution >= 0.6 is 0 Å². The first-order chi connectivity index (χ1) is 13.9. The summed E-state index contributed by atoms with van der Waals surface area (Å²) in [6, 6.07) is 17.0. The highest BCUT2D eigenvalue weighted by atomic mass is 16.7. The molecule has 150 valence electrons. The third-order valence-electron chi connectivity index (χ3n) is 5.41. The number of aryl methyl sites for hydroxylation is 2. The molecule has 2 aliphatic heterocycles. The van der Waals surface area contributed by atoms with E-state index in [1.54, 1.807) is 0 Å². The molecule has 0 unspecified atom stereocenters. The molecule has 4 heteroatoms. The van der Waals surface area contributed by atoms with E-state index in [4.69, 9.17) is 18.9 Å². The zero-order valence-electron chi connectivity index (χ0n) is 16.5. The Labute approximate surface area is 167 Å². The van der Waals surface area contributed by atoms with E-state index in [1.165, 1.54) is 22.3 Å². The van der Waals surface area contributed by atoms with E-state index in [2.05, 4.69) is 48.5 Å². The maximum absolute atomic E-state index is 5.81. The zero-order chi connectivity index (χ0) is 19.0. The van der Waals surface area contributed by atoms with Crippen molar-refractivity contribution in [3.63, 3.8) is 0 Å². The fraction of sp³-hybridized carbons (Fsp3) is 0.500. The lowest BCUT2D eigenvalue weighted by atomic mass is 9.97. The van der Waals surface area contributed by atoms with Crippen molar-refractivity contribution in [2.75, 3.05) is 26.4 Å². The van der Waals surface area contributed by atoms with Crippen molar-refractivity contribution in [2.24, 2.45) is 0 Å². The third kappa shape index (κ3) is 5.00. The number of benzene rings is 2. The quantitative estimate of drug-likeness (QED) is 0.623. The van der Waals surface area contributed by atoms with E-state index in [1.807, 2.05) is 0 Å². The van der Waals surface area contributed by atoms with Gasteiger partial charge in [-0.1, -0.05) is 48.5 Å². The van der Waals surface area contributed by atoms with Gasteiger partial charge in [-0.25, -0.2) is 0 Å². The second-order valence-electron chi connectivity index (χ2n) is 7.46. The van der Waals surface area contributed by atoms with Gasteiger partial charge in [0.1, 0.15) is 0 Å². The maximum Gasteiger partial charge on any atom is 0.184 e. The summed E-state index contributed by atoms with van der Waals surface area (Å²) in [4.78, 5) is 0. The van der Waals surface area contributed by atoms with Crippen molar-refractivity contribution < 1.29 is 18.9 Å². The van der Waals surface area contributed by atoms with E-state index < -0.39 is 0 Å². The van der Waals surface area contributed by atoms with Gasteiger partial charge in [0.2, 0.25) is 0 Å². The molecule has 0 bridgehead atoms. The van der Waals surface area contributed by atoms with Crippen LogP contribution in [0.2, 0.25) is 0 Å². The van der Waals surface area contributed by atoms with Gasteiger partial charge >= 0.3 is 0 Å². The summed E-state index contributed by atoms with van der Waals surface area (Å²) in [5, 5.41) is 0. The highest BCUT2D eigenvalue weighted by Gasteiger charge is 2.20. The van der Waals surface area contributed by atoms with E-state index in [0.29, 0.717) is 0 Å². The topological polar surface area (TPSA) is 36.9 Å². The summed E-state index contributed by atoms with van der Waals surface area (Å²) < 4.78 is 23.3. The third-order valence-corrected chi connectivity index (χ3v) is 5.41. The number of unbranched alkanes of at least 4 members (excludes halogenated alkanes) is 1. The van der Waals surface area contributed by atoms with Crippen molar-refractivity contribution in [1.82, 2.24) is 0 Å². The predicted molar refractivity (Wildman–Crippen MR) is 108 cm³/mol. The normalized spacial score (nSPS) is 19.0. The molecule has 0 amide bonds. The van der Waals surface area contributed by atoms with Crippen LogP contribution in [0.4, 0.5) is 0 Å². The van der Waals surface area contributed by atoms with Crippen molar-refractivity contribution in [1.29, 1.82) is 0 Å². The Morgan fingerprint density at radius 3 is 1.39 bits per heavy atom. The molecule has 0 atom stereocenters. The van der Waals surface area contributed by atoms with Gasteiger partial charge in [0, 0.05) is 11.1 Å². The van der Waals surface area contributed by atoms with E-state index in [9.17, 15) is 0 Å². The molecule has 2 saturated heterocycles. The molecule has 0 aromatic heterocycles. The fourth-order valence-electron chi connectivity index (χ4n) is 3.95. The average molecular weight is 383 g/mol. The summed E-state index contributed by atoms with van der Waals surface area (Å²) in [7, 11) is 0. The van der Waals surface area contributed by atoms with Gasteiger partial charge in [-0.2, -0.15) is 0 Å². The fourth-order valence-corrected chi connectivity index (χ4v) is 3.95. The Morgan fingerprint density at radius 2 is 0.964 bits per heavy atom. The Hall–Kier alpha value is -1.72. The molecule has 2 fully saturated rings. The molecule has 2 aliphatic rings. The number of hydrogen-bond acceptors (Lipinski definition) is 4. The second-order valence-corrected chi connectivity index (χ2v) is 7.46. The Kier molecular flexibility index (Phi) is 7.12. The first kappa shape index (κ1) is 19.6. The summed E-state index contributed by atoms with van der Waals surface area (Å²) in [6.07, 6.45) is 5.89. The highest BCUT2D eigenvalue weighted by molar-refractivity contribution is 5.30. The SMILES string of the molecule is c1ccc(C2OCCCO2)c(CCCCc2ccccc2C2OCCCO2)c1. The standard InChI is InChI=1S/C24H30O4/c1(9-19-11-3-5-13-21(19)23-25-15-7-16-26-23)2-10-20-12-4-6-14-22(20)24-27-17-8-18-28-24/h3-6,11-14,23-24H,1-2,7-10,15-18H2. The lowest BCUT2D eigenvalue weighted by Crippen LogP contribution is -2.19. The average Bonchev–Trinajstić information content (AvgIpc) is 2.78. The molecule has 4 rings (SSSR count). The van der Waals surface area contributed by atoms with Gasteiger partial charge in [-0.3, -0.25) is 0 Å². The molecule has 2 heterocycles. The number of hydrogen-bond donors (Lipinski definition) is 0. The summed E-state index contributed by atoms with van der Waals surface area (Å²) >= 11 is 0. The van der Waals surface area contributed by atoms with Crippen molar-refractivity contribution in [3.8, 4) is 0 Å². The van der Waals surface area contributed by atoms with Crippen molar-refractivity contribution in [2.45, 2.75) is 51.1 Å². The Bertz CT molecular complexity index is 669. The smallest absolute Gasteiger partial charge is 0.184 e. The number of rotatable bonds is 7. The predicted octanol–water partition coefficient (Wildman–Crippen LogP) is 5.12. The minimum atomic E-state index is -0.203. The molecule has 0 N–H and O–H groups in total. The minimum absolute atomic E-state index is 0.203. The van der Waals surface area contributed by atoms with Crippen LogP contribution in [0.1, 0.15) is 60.5 Å². The molecule has 2 aromatic rings. The van der Waals surface area contributed by atoms with Crippen LogP contribution in [0.3, 0.4) is 0 Å². The molecule has 0 aliphatic carbocycles. The van der Waals surface area contributed by atoms with Gasteiger partial charge in [0.05, 0.1) is 26.4 Å². The summed E-state index contributed by atoms with van der Waals surface area (Å²) in [5.74, 6) is 0. The lowest BCUT2D eigenvalue weighted by molar-refractivity contribution is -0.183. The highest BCUT2D eigenvalue weighted by Crippen LogP contribution is 2.29. The van der Waals surface area contributed by atoms with Gasteiger partial charge in [-0.15, -0.1) is 0 Å². The van der Waals surface area contributed by atoms with E-state index >= 15 is 0 Å². The van der Waals surface area contributed by atoms with E-state index in [-0.39, 0.29) is 12.6 Å². The van der Waals surface area contributed by atoms with Crippen LogP contribution in [0.25, 0.3) is 0 Å². The van der Waals surface area contributed by atoms with Crippen LogP contribution in [-0.4, -0.2) is 26.4 Å². The first-order valence-electron chi connectivity index (χ1n) is 10.5. The monoisotopic (exact) mass is 382 g/mol. The van der Waals surface area contributed by atoms with Gasteiger partial charge in [0.25, 0.3) is 0 Å². The molecule has 0 saturated carbocycles. The molecular formula is C24H30O4. The Morgan fingerprint density at radius 1 is 0.571 bits per heavy atom. The molecular weight excluding hydrogens is 352 g/mol. The molecule has 28 heavy (non-hydrogen) atoms. The molecule has 2 aromatic carbocycles. The van der Waals surface area contributed by atoms with E-state index in [0.717, 1.165) is 65.0 Å². The van der Waals surface area contributed by atoms with Crippen molar-refractivity contribution in [3.05, 3.63) is 70.8 Å². The second kappa shape index (κ2) is 10.2. The van der Waals surface area contributed by atoms with Gasteiger partial charge in [-0.05, 0) is 49.7 Å². The maximum atomic E-state index is 5.81. The molecule has 4 nitrogen and oxygen atoms in total. The first-order valence-corrected chi connectivity index (χ1v) is 10.5. The van der Waals surface area contributed by atoms with Crippen LogP contribution in [0.15, 0.2) is 48.5 Å². The zero-order valence-corrected chi connectivity index (χ0v) is 16.5. The van der Waals surface area contributed by atoms with Crippen LogP contribution in [0.5, 0.6) is 0 Å². The molecule has 0 spiro atoms. The largest absolute Gasteiger partial charge is 0.348 e. The summed E-state index contributed by atoms with van der Waals surface area (Å²) in [5.41, 5.74) is 5.04. The van der Waals surface area contributed by atoms with Gasteiger partial charge in [0.15, 0.2) is 12.6 Å². The summed E-state index contributed by atoms with van der Waals surface area (Å²) in [6.45, 7) is 3.12. The van der Waals surface area contributed by atoms with Crippen LogP contribution in [-0.2, 0) is 31.8 Å². The van der Waals surface area contributed by atoms with Crippen molar-refractivity contribution >= 4 is 0 Å². The Balaban J connectivity index is 1.33. The van der Waals surface area contributed by atoms with Crippen LogP contribution < -0.4 is 0 Å². The minimum Gasteiger partial charge on any atom is -0.348 e. The lowest BCUT2D eigenvalue weighted by Gasteiger charge is -2.26. The molecule has 0 radical (unpaired) electrons.